The van der Waals surface area contributed by atoms with Gasteiger partial charge in [-0.3, -0.25) is 9.59 Å². The second kappa shape index (κ2) is 9.58. The highest BCUT2D eigenvalue weighted by Gasteiger charge is 2.21. The molecule has 3 aromatic carbocycles. The monoisotopic (exact) mass is 461 g/mol. The largest absolute Gasteiger partial charge is 0.497 e. The molecule has 0 bridgehead atoms. The standard InChI is InChI=1S/C26H23NO7/c1-30-18-10-8-15(9-11-18)26(29)27-17-7-5-6-16(12-17)20-13-19(28)23-21(34-20)14-22(31-2)24(32-3)25(23)33-4/h5-14H,1-4H3,(H,27,29). The van der Waals surface area contributed by atoms with E-state index in [0.29, 0.717) is 39.8 Å². The minimum Gasteiger partial charge on any atom is -0.497 e. The minimum atomic E-state index is -0.304. The summed E-state index contributed by atoms with van der Waals surface area (Å²) in [4.78, 5) is 25.6. The molecule has 0 saturated heterocycles. The zero-order chi connectivity index (χ0) is 24.2. The van der Waals surface area contributed by atoms with E-state index in [0.717, 1.165) is 0 Å². The summed E-state index contributed by atoms with van der Waals surface area (Å²) in [6.07, 6.45) is 0. The Morgan fingerprint density at radius 1 is 0.824 bits per heavy atom. The van der Waals surface area contributed by atoms with Crippen LogP contribution in [0, 0.1) is 0 Å². The van der Waals surface area contributed by atoms with Gasteiger partial charge in [0, 0.05) is 28.9 Å². The Kier molecular flexibility index (Phi) is 6.40. The van der Waals surface area contributed by atoms with Crippen LogP contribution in [0.3, 0.4) is 0 Å². The lowest BCUT2D eigenvalue weighted by molar-refractivity contribution is 0.102. The van der Waals surface area contributed by atoms with Crippen LogP contribution in [0.5, 0.6) is 23.0 Å². The van der Waals surface area contributed by atoms with Gasteiger partial charge in [-0.15, -0.1) is 0 Å². The molecular weight excluding hydrogens is 438 g/mol. The molecule has 0 spiro atoms. The Bertz CT molecular complexity index is 1410. The van der Waals surface area contributed by atoms with Crippen molar-refractivity contribution in [2.75, 3.05) is 33.8 Å². The number of hydrogen-bond acceptors (Lipinski definition) is 7. The van der Waals surface area contributed by atoms with Crippen LogP contribution in [0.15, 0.2) is 69.9 Å². The summed E-state index contributed by atoms with van der Waals surface area (Å²) < 4.78 is 27.3. The number of anilines is 1. The predicted molar refractivity (Wildman–Crippen MR) is 129 cm³/mol. The highest BCUT2D eigenvalue weighted by molar-refractivity contribution is 6.04. The molecule has 34 heavy (non-hydrogen) atoms. The summed E-state index contributed by atoms with van der Waals surface area (Å²) in [5.41, 5.74) is 1.62. The first-order valence-corrected chi connectivity index (χ1v) is 10.3. The maximum Gasteiger partial charge on any atom is 0.255 e. The van der Waals surface area contributed by atoms with Crippen molar-refractivity contribution in [1.82, 2.24) is 0 Å². The molecule has 1 amide bonds. The van der Waals surface area contributed by atoms with E-state index in [2.05, 4.69) is 5.32 Å². The normalized spacial score (nSPS) is 10.6. The minimum absolute atomic E-state index is 0.234. The summed E-state index contributed by atoms with van der Waals surface area (Å²) in [7, 11) is 5.96. The zero-order valence-electron chi connectivity index (χ0n) is 19.1. The smallest absolute Gasteiger partial charge is 0.255 e. The average molecular weight is 461 g/mol. The van der Waals surface area contributed by atoms with Gasteiger partial charge in [0.1, 0.15) is 22.5 Å². The molecule has 1 aromatic heterocycles. The first-order chi connectivity index (χ1) is 16.5. The second-order valence-electron chi connectivity index (χ2n) is 7.26. The van der Waals surface area contributed by atoms with Crippen molar-refractivity contribution in [1.29, 1.82) is 0 Å². The van der Waals surface area contributed by atoms with Gasteiger partial charge >= 0.3 is 0 Å². The van der Waals surface area contributed by atoms with Gasteiger partial charge < -0.3 is 28.7 Å². The number of benzene rings is 3. The fourth-order valence-corrected chi connectivity index (χ4v) is 3.62. The Morgan fingerprint density at radius 3 is 2.21 bits per heavy atom. The summed E-state index contributed by atoms with van der Waals surface area (Å²) in [6, 6.07) is 16.8. The highest BCUT2D eigenvalue weighted by Crippen LogP contribution is 2.42. The molecule has 0 aliphatic carbocycles. The van der Waals surface area contributed by atoms with Crippen molar-refractivity contribution in [3.8, 4) is 34.3 Å². The molecular formula is C26H23NO7. The summed E-state index contributed by atoms with van der Waals surface area (Å²) >= 11 is 0. The molecule has 0 aliphatic rings. The SMILES string of the molecule is COc1ccc(C(=O)Nc2cccc(-c3cc(=O)c4c(OC)c(OC)c(OC)cc4o3)c2)cc1. The highest BCUT2D eigenvalue weighted by atomic mass is 16.5. The molecule has 4 aromatic rings. The average Bonchev–Trinajstić information content (AvgIpc) is 2.87. The fraction of sp³-hybridized carbons (Fsp3) is 0.154. The van der Waals surface area contributed by atoms with Gasteiger partial charge in [0.25, 0.3) is 5.91 Å². The van der Waals surface area contributed by atoms with Gasteiger partial charge in [0.2, 0.25) is 5.75 Å². The molecule has 4 rings (SSSR count). The van der Waals surface area contributed by atoms with E-state index in [1.165, 1.54) is 27.4 Å². The van der Waals surface area contributed by atoms with Gasteiger partial charge in [-0.05, 0) is 36.4 Å². The Labute approximate surface area is 195 Å². The van der Waals surface area contributed by atoms with E-state index in [9.17, 15) is 9.59 Å². The lowest BCUT2D eigenvalue weighted by Crippen LogP contribution is -2.11. The molecule has 0 aliphatic heterocycles. The third-order valence-electron chi connectivity index (χ3n) is 5.28. The summed E-state index contributed by atoms with van der Waals surface area (Å²) in [5, 5.41) is 3.10. The number of methoxy groups -OCH3 is 4. The van der Waals surface area contributed by atoms with E-state index in [1.807, 2.05) is 0 Å². The maximum absolute atomic E-state index is 13.0. The van der Waals surface area contributed by atoms with Crippen LogP contribution in [0.1, 0.15) is 10.4 Å². The molecule has 0 unspecified atom stereocenters. The van der Waals surface area contributed by atoms with Gasteiger partial charge in [-0.25, -0.2) is 0 Å². The van der Waals surface area contributed by atoms with E-state index >= 15 is 0 Å². The first kappa shape index (κ1) is 22.7. The quantitative estimate of drug-likeness (QED) is 0.424. The van der Waals surface area contributed by atoms with Crippen LogP contribution in [0.2, 0.25) is 0 Å². The van der Waals surface area contributed by atoms with Crippen molar-refractivity contribution in [3.05, 3.63) is 76.5 Å². The predicted octanol–water partition coefficient (Wildman–Crippen LogP) is 4.75. The summed E-state index contributed by atoms with van der Waals surface area (Å²) in [5.74, 6) is 1.62. The number of fused-ring (bicyclic) bond motifs is 1. The van der Waals surface area contributed by atoms with Crippen LogP contribution < -0.4 is 29.7 Å². The Morgan fingerprint density at radius 2 is 1.56 bits per heavy atom. The Hall–Kier alpha value is -4.46. The van der Waals surface area contributed by atoms with Crippen molar-refractivity contribution in [3.63, 3.8) is 0 Å². The van der Waals surface area contributed by atoms with Crippen LogP contribution in [-0.2, 0) is 0 Å². The van der Waals surface area contributed by atoms with Gasteiger partial charge in [0.05, 0.1) is 28.4 Å². The van der Waals surface area contributed by atoms with Crippen molar-refractivity contribution >= 4 is 22.6 Å². The molecule has 0 radical (unpaired) electrons. The van der Waals surface area contributed by atoms with Gasteiger partial charge in [0.15, 0.2) is 16.9 Å². The van der Waals surface area contributed by atoms with Crippen LogP contribution in [0.25, 0.3) is 22.3 Å². The number of carbonyl (C=O) groups is 1. The van der Waals surface area contributed by atoms with E-state index in [4.69, 9.17) is 23.4 Å². The van der Waals surface area contributed by atoms with Gasteiger partial charge in [-0.2, -0.15) is 0 Å². The van der Waals surface area contributed by atoms with Gasteiger partial charge in [-0.1, -0.05) is 12.1 Å². The molecule has 0 atom stereocenters. The number of ether oxygens (including phenoxy) is 4. The first-order valence-electron chi connectivity index (χ1n) is 10.3. The summed E-state index contributed by atoms with van der Waals surface area (Å²) in [6.45, 7) is 0. The van der Waals surface area contributed by atoms with E-state index in [-0.39, 0.29) is 28.1 Å². The Balaban J connectivity index is 1.71. The lowest BCUT2D eigenvalue weighted by atomic mass is 10.1. The molecule has 1 N–H and O–H groups in total. The van der Waals surface area contributed by atoms with Crippen LogP contribution in [-0.4, -0.2) is 34.3 Å². The zero-order valence-corrected chi connectivity index (χ0v) is 19.1. The molecule has 174 valence electrons. The maximum atomic E-state index is 13.0. The number of carbonyl (C=O) groups excluding carboxylic acids is 1. The number of nitrogens with one attached hydrogen (secondary N) is 1. The van der Waals surface area contributed by atoms with Crippen molar-refractivity contribution in [2.24, 2.45) is 0 Å². The van der Waals surface area contributed by atoms with Crippen molar-refractivity contribution < 1.29 is 28.2 Å². The lowest BCUT2D eigenvalue weighted by Gasteiger charge is -2.14. The van der Waals surface area contributed by atoms with E-state index < -0.39 is 0 Å². The van der Waals surface area contributed by atoms with Crippen LogP contribution >= 0.6 is 0 Å². The molecule has 0 fully saturated rings. The molecule has 1 heterocycles. The molecule has 8 nitrogen and oxygen atoms in total. The van der Waals surface area contributed by atoms with Crippen LogP contribution in [0.4, 0.5) is 5.69 Å². The number of amides is 1. The third-order valence-corrected chi connectivity index (χ3v) is 5.28. The third kappa shape index (κ3) is 4.25. The van der Waals surface area contributed by atoms with Crippen molar-refractivity contribution in [2.45, 2.75) is 0 Å². The molecule has 8 heteroatoms. The second-order valence-corrected chi connectivity index (χ2v) is 7.26. The molecule has 0 saturated carbocycles. The number of rotatable bonds is 7. The fourth-order valence-electron chi connectivity index (χ4n) is 3.62. The topological polar surface area (TPSA) is 96.2 Å². The number of hydrogen-bond donors (Lipinski definition) is 1. The van der Waals surface area contributed by atoms with E-state index in [1.54, 1.807) is 61.7 Å².